The second kappa shape index (κ2) is 5.16. The van der Waals surface area contributed by atoms with Crippen LogP contribution in [0.15, 0.2) is 11.2 Å². The van der Waals surface area contributed by atoms with E-state index in [1.807, 2.05) is 13.8 Å². The molecule has 0 aliphatic carbocycles. The molecular formula is C10H18ClN3O3S. The molecule has 104 valence electrons. The third kappa shape index (κ3) is 3.44. The first kappa shape index (κ1) is 15.4. The van der Waals surface area contributed by atoms with Crippen molar-refractivity contribution in [3.05, 3.63) is 11.5 Å². The lowest BCUT2D eigenvalue weighted by atomic mass is 9.93. The van der Waals surface area contributed by atoms with Crippen molar-refractivity contribution in [2.75, 3.05) is 6.54 Å². The van der Waals surface area contributed by atoms with Gasteiger partial charge in [-0.3, -0.25) is 0 Å². The Kier molecular flexibility index (Phi) is 4.42. The van der Waals surface area contributed by atoms with Crippen LogP contribution in [-0.4, -0.2) is 35.2 Å². The van der Waals surface area contributed by atoms with Crippen LogP contribution in [0, 0.1) is 5.92 Å². The van der Waals surface area contributed by atoms with E-state index in [2.05, 4.69) is 9.71 Å². The number of imidazole rings is 1. The number of rotatable bonds is 5. The van der Waals surface area contributed by atoms with E-state index in [-0.39, 0.29) is 22.8 Å². The summed E-state index contributed by atoms with van der Waals surface area (Å²) in [6.45, 7) is 5.12. The van der Waals surface area contributed by atoms with Gasteiger partial charge in [-0.05, 0) is 24.4 Å². The molecule has 1 aromatic rings. The fraction of sp³-hybridized carbons (Fsp3) is 0.700. The molecule has 1 aromatic heterocycles. The summed E-state index contributed by atoms with van der Waals surface area (Å²) in [6, 6.07) is 0. The minimum absolute atomic E-state index is 0.0764. The number of nitrogens with zero attached hydrogens (tertiary/aromatic N) is 2. The van der Waals surface area contributed by atoms with E-state index < -0.39 is 15.6 Å². The number of aromatic nitrogens is 2. The van der Waals surface area contributed by atoms with E-state index in [4.69, 9.17) is 11.6 Å². The van der Waals surface area contributed by atoms with E-state index in [0.29, 0.717) is 0 Å². The number of aryl methyl sites for hydroxylation is 1. The number of hydrogen-bond donors (Lipinski definition) is 2. The number of aliphatic hydroxyl groups is 1. The second-order valence-electron chi connectivity index (χ2n) is 4.80. The Bertz CT molecular complexity index is 503. The first-order chi connectivity index (χ1) is 8.06. The van der Waals surface area contributed by atoms with Gasteiger partial charge in [0.1, 0.15) is 0 Å². The molecule has 2 N–H and O–H groups in total. The summed E-state index contributed by atoms with van der Waals surface area (Å²) in [7, 11) is -2.16. The monoisotopic (exact) mass is 295 g/mol. The van der Waals surface area contributed by atoms with Crippen molar-refractivity contribution in [3.8, 4) is 0 Å². The van der Waals surface area contributed by atoms with Gasteiger partial charge < -0.3 is 9.67 Å². The Morgan fingerprint density at radius 2 is 2.17 bits per heavy atom. The lowest BCUT2D eigenvalue weighted by Gasteiger charge is -2.27. The molecule has 0 bridgehead atoms. The molecule has 0 saturated heterocycles. The maximum absolute atomic E-state index is 11.9. The molecule has 8 heteroatoms. The van der Waals surface area contributed by atoms with Crippen LogP contribution in [0.5, 0.6) is 0 Å². The predicted molar refractivity (Wildman–Crippen MR) is 68.9 cm³/mol. The Balaban J connectivity index is 2.84. The fourth-order valence-corrected chi connectivity index (χ4v) is 2.39. The van der Waals surface area contributed by atoms with Crippen LogP contribution < -0.4 is 4.72 Å². The zero-order chi connectivity index (χ0) is 14.1. The Labute approximate surface area is 112 Å². The summed E-state index contributed by atoms with van der Waals surface area (Å²) in [6.07, 6.45) is 1.31. The standard InChI is InChI=1S/C10H18ClN3O3S/c1-7(2)10(3,15)6-12-18(16,17)8-5-14(4)9(11)13-8/h5,7,12,15H,6H2,1-4H3. The zero-order valence-corrected chi connectivity index (χ0v) is 12.4. The fourth-order valence-electron chi connectivity index (χ4n) is 1.07. The number of sulfonamides is 1. The highest BCUT2D eigenvalue weighted by atomic mass is 35.5. The van der Waals surface area contributed by atoms with Crippen molar-refractivity contribution in [2.24, 2.45) is 13.0 Å². The van der Waals surface area contributed by atoms with Crippen LogP contribution in [0.4, 0.5) is 0 Å². The molecule has 1 atom stereocenters. The molecule has 1 rings (SSSR count). The SMILES string of the molecule is CC(C)C(C)(O)CNS(=O)(=O)c1cn(C)c(Cl)n1. The molecule has 6 nitrogen and oxygen atoms in total. The van der Waals surface area contributed by atoms with Gasteiger partial charge in [0, 0.05) is 19.8 Å². The number of nitrogens with one attached hydrogen (secondary N) is 1. The topological polar surface area (TPSA) is 84.2 Å². The van der Waals surface area contributed by atoms with E-state index >= 15 is 0 Å². The smallest absolute Gasteiger partial charge is 0.259 e. The maximum atomic E-state index is 11.9. The van der Waals surface area contributed by atoms with Crippen molar-refractivity contribution in [1.82, 2.24) is 14.3 Å². The minimum atomic E-state index is -3.76. The summed E-state index contributed by atoms with van der Waals surface area (Å²) in [4.78, 5) is 3.72. The highest BCUT2D eigenvalue weighted by molar-refractivity contribution is 7.89. The van der Waals surface area contributed by atoms with E-state index in [0.717, 1.165) is 0 Å². The Hall–Kier alpha value is -0.630. The summed E-state index contributed by atoms with van der Waals surface area (Å²) in [5.41, 5.74) is -1.12. The van der Waals surface area contributed by atoms with Crippen LogP contribution in [0.3, 0.4) is 0 Å². The van der Waals surface area contributed by atoms with Gasteiger partial charge in [0.05, 0.1) is 5.60 Å². The molecule has 1 unspecified atom stereocenters. The second-order valence-corrected chi connectivity index (χ2v) is 6.85. The normalized spacial score (nSPS) is 15.9. The minimum Gasteiger partial charge on any atom is -0.389 e. The number of halogens is 1. The summed E-state index contributed by atoms with van der Waals surface area (Å²) in [5, 5.41) is 9.91. The molecule has 0 saturated carbocycles. The highest BCUT2D eigenvalue weighted by Crippen LogP contribution is 2.17. The quantitative estimate of drug-likeness (QED) is 0.840. The van der Waals surface area contributed by atoms with Crippen molar-refractivity contribution in [1.29, 1.82) is 0 Å². The third-order valence-corrected chi connectivity index (χ3v) is 4.56. The molecule has 18 heavy (non-hydrogen) atoms. The molecule has 0 radical (unpaired) electrons. The van der Waals surface area contributed by atoms with Crippen LogP contribution >= 0.6 is 11.6 Å². The average molecular weight is 296 g/mol. The third-order valence-electron chi connectivity index (χ3n) is 2.94. The zero-order valence-electron chi connectivity index (χ0n) is 10.8. The largest absolute Gasteiger partial charge is 0.389 e. The molecular weight excluding hydrogens is 278 g/mol. The van der Waals surface area contributed by atoms with Gasteiger partial charge in [0.25, 0.3) is 10.0 Å². The molecule has 0 aliphatic heterocycles. The van der Waals surface area contributed by atoms with Gasteiger partial charge in [-0.2, -0.15) is 0 Å². The van der Waals surface area contributed by atoms with E-state index in [9.17, 15) is 13.5 Å². The summed E-state index contributed by atoms with van der Waals surface area (Å²) in [5.74, 6) is -0.0764. The maximum Gasteiger partial charge on any atom is 0.259 e. The van der Waals surface area contributed by atoms with Gasteiger partial charge in [-0.25, -0.2) is 18.1 Å². The van der Waals surface area contributed by atoms with Crippen LogP contribution in [-0.2, 0) is 17.1 Å². The van der Waals surface area contributed by atoms with Gasteiger partial charge in [0.15, 0.2) is 5.03 Å². The van der Waals surface area contributed by atoms with Crippen molar-refractivity contribution < 1.29 is 13.5 Å². The van der Waals surface area contributed by atoms with Crippen LogP contribution in [0.25, 0.3) is 0 Å². The Morgan fingerprint density at radius 3 is 2.56 bits per heavy atom. The first-order valence-corrected chi connectivity index (χ1v) is 7.33. The van der Waals surface area contributed by atoms with Crippen LogP contribution in [0.2, 0.25) is 5.28 Å². The van der Waals surface area contributed by atoms with Crippen molar-refractivity contribution in [3.63, 3.8) is 0 Å². The van der Waals surface area contributed by atoms with Gasteiger partial charge in [0.2, 0.25) is 5.28 Å². The van der Waals surface area contributed by atoms with E-state index in [1.54, 1.807) is 14.0 Å². The molecule has 0 aliphatic rings. The molecule has 0 spiro atoms. The lowest BCUT2D eigenvalue weighted by Crippen LogP contribution is -2.44. The average Bonchev–Trinajstić information content (AvgIpc) is 2.57. The van der Waals surface area contributed by atoms with E-state index in [1.165, 1.54) is 10.8 Å². The molecule has 0 aromatic carbocycles. The lowest BCUT2D eigenvalue weighted by molar-refractivity contribution is 0.0190. The molecule has 0 amide bonds. The van der Waals surface area contributed by atoms with Gasteiger partial charge >= 0.3 is 0 Å². The van der Waals surface area contributed by atoms with Gasteiger partial charge in [-0.1, -0.05) is 13.8 Å². The summed E-state index contributed by atoms with van der Waals surface area (Å²) >= 11 is 5.69. The highest BCUT2D eigenvalue weighted by Gasteiger charge is 2.28. The molecule has 1 heterocycles. The van der Waals surface area contributed by atoms with Crippen LogP contribution in [0.1, 0.15) is 20.8 Å². The van der Waals surface area contributed by atoms with Crippen molar-refractivity contribution in [2.45, 2.75) is 31.4 Å². The molecule has 0 fully saturated rings. The first-order valence-electron chi connectivity index (χ1n) is 5.47. The Morgan fingerprint density at radius 1 is 1.61 bits per heavy atom. The summed E-state index contributed by atoms with van der Waals surface area (Å²) < 4.78 is 27.5. The number of hydrogen-bond acceptors (Lipinski definition) is 4. The van der Waals surface area contributed by atoms with Crippen molar-refractivity contribution >= 4 is 21.6 Å². The van der Waals surface area contributed by atoms with Gasteiger partial charge in [-0.15, -0.1) is 0 Å². The predicted octanol–water partition coefficient (Wildman–Crippen LogP) is 0.759.